The Balaban J connectivity index is 1.15. The number of benzene rings is 7. The Kier molecular flexibility index (Phi) is 6.43. The number of fused-ring (bicyclic) bond motifs is 10. The highest BCUT2D eigenvalue weighted by molar-refractivity contribution is 7.27. The molecule has 10 aromatic rings. The van der Waals surface area contributed by atoms with Crippen LogP contribution in [0.4, 0.5) is 0 Å². The van der Waals surface area contributed by atoms with Gasteiger partial charge >= 0.3 is 0 Å². The molecule has 0 N–H and O–H groups in total. The van der Waals surface area contributed by atoms with Gasteiger partial charge in [0.25, 0.3) is 0 Å². The van der Waals surface area contributed by atoms with E-state index in [1.165, 1.54) is 64.2 Å². The van der Waals surface area contributed by atoms with Gasteiger partial charge in [0.1, 0.15) is 0 Å². The van der Waals surface area contributed by atoms with E-state index < -0.39 is 0 Å². The second kappa shape index (κ2) is 11.3. The van der Waals surface area contributed by atoms with Crippen LogP contribution < -0.4 is 0 Å². The Labute approximate surface area is 310 Å². The smallest absolute Gasteiger partial charge is 0.165 e. The molecular weight excluding hydrogens is 665 g/mol. The van der Waals surface area contributed by atoms with Gasteiger partial charge in [-0.05, 0) is 58.7 Å². The molecule has 11 rings (SSSR count). The van der Waals surface area contributed by atoms with Crippen molar-refractivity contribution >= 4 is 53.3 Å². The van der Waals surface area contributed by atoms with E-state index in [4.69, 9.17) is 15.0 Å². The van der Waals surface area contributed by atoms with Crippen LogP contribution in [0.3, 0.4) is 0 Å². The Morgan fingerprint density at radius 2 is 1.09 bits per heavy atom. The third-order valence-corrected chi connectivity index (χ3v) is 12.3. The summed E-state index contributed by atoms with van der Waals surface area (Å²) in [4.78, 5) is 15.6. The molecule has 5 heteroatoms. The Bertz CT molecular complexity index is 3080. The lowest BCUT2D eigenvalue weighted by Crippen LogP contribution is -2.15. The molecule has 0 radical (unpaired) electrons. The highest BCUT2D eigenvalue weighted by Gasteiger charge is 2.35. The molecule has 4 nitrogen and oxygen atoms in total. The number of hydrogen-bond acceptors (Lipinski definition) is 4. The van der Waals surface area contributed by atoms with Gasteiger partial charge in [0.15, 0.2) is 17.5 Å². The van der Waals surface area contributed by atoms with E-state index in [0.717, 1.165) is 22.4 Å². The summed E-state index contributed by atoms with van der Waals surface area (Å²) in [7, 11) is 0. The van der Waals surface area contributed by atoms with Crippen LogP contribution in [-0.4, -0.2) is 19.5 Å². The SMILES string of the molecule is CC1(C)c2ccccc2-c2ccc(-c3nc(-c4ccccc4)nc(-c4cccc5c4sc4c5ccc5c4c4ccccc4n5-c4ccccc4)n3)cc21. The molecule has 0 fully saturated rings. The Morgan fingerprint density at radius 1 is 0.453 bits per heavy atom. The van der Waals surface area contributed by atoms with Crippen LogP contribution in [-0.2, 0) is 5.41 Å². The predicted octanol–water partition coefficient (Wildman–Crippen LogP) is 12.6. The molecule has 0 spiro atoms. The van der Waals surface area contributed by atoms with Crippen molar-refractivity contribution in [2.45, 2.75) is 19.3 Å². The maximum Gasteiger partial charge on any atom is 0.165 e. The summed E-state index contributed by atoms with van der Waals surface area (Å²) < 4.78 is 4.83. The first-order valence-corrected chi connectivity index (χ1v) is 18.9. The standard InChI is InChI=1S/C48H32N4S/c1-48(2)38-22-11-9-18-32(38)33-25-24-30(28-39(33)48)46-49-45(29-14-5-3-6-15-29)50-47(51-46)37-21-13-20-34-35-26-27-41-42(44(35)53-43(34)37)36-19-10-12-23-40(36)52(41)31-16-7-4-8-17-31/h3-28H,1-2H3. The molecule has 1 aliphatic rings. The van der Waals surface area contributed by atoms with E-state index >= 15 is 0 Å². The summed E-state index contributed by atoms with van der Waals surface area (Å²) in [6.07, 6.45) is 0. The van der Waals surface area contributed by atoms with Crippen LogP contribution >= 0.6 is 11.3 Å². The van der Waals surface area contributed by atoms with Crippen LogP contribution in [0.25, 0.3) is 93.0 Å². The predicted molar refractivity (Wildman–Crippen MR) is 221 cm³/mol. The summed E-state index contributed by atoms with van der Waals surface area (Å²) in [5, 5.41) is 4.98. The van der Waals surface area contributed by atoms with Gasteiger partial charge < -0.3 is 4.57 Å². The van der Waals surface area contributed by atoms with Crippen molar-refractivity contribution in [2.24, 2.45) is 0 Å². The topological polar surface area (TPSA) is 43.6 Å². The highest BCUT2D eigenvalue weighted by Crippen LogP contribution is 2.50. The molecule has 1 aliphatic carbocycles. The molecule has 7 aromatic carbocycles. The van der Waals surface area contributed by atoms with E-state index in [1.807, 2.05) is 29.5 Å². The number of aromatic nitrogens is 4. The minimum absolute atomic E-state index is 0.127. The number of hydrogen-bond donors (Lipinski definition) is 0. The van der Waals surface area contributed by atoms with Crippen molar-refractivity contribution in [1.29, 1.82) is 0 Å². The molecule has 0 aliphatic heterocycles. The lowest BCUT2D eigenvalue weighted by molar-refractivity contribution is 0.660. The van der Waals surface area contributed by atoms with Gasteiger partial charge in [-0.2, -0.15) is 0 Å². The van der Waals surface area contributed by atoms with Crippen molar-refractivity contribution in [1.82, 2.24) is 19.5 Å². The molecule has 53 heavy (non-hydrogen) atoms. The minimum Gasteiger partial charge on any atom is -0.309 e. The average molecular weight is 697 g/mol. The molecule has 0 saturated heterocycles. The minimum atomic E-state index is -0.127. The number of rotatable bonds is 4. The van der Waals surface area contributed by atoms with Gasteiger partial charge in [-0.15, -0.1) is 11.3 Å². The summed E-state index contributed by atoms with van der Waals surface area (Å²) >= 11 is 1.83. The maximum atomic E-state index is 5.28. The van der Waals surface area contributed by atoms with Gasteiger partial charge in [-0.3, -0.25) is 0 Å². The van der Waals surface area contributed by atoms with Crippen LogP contribution in [0.5, 0.6) is 0 Å². The monoisotopic (exact) mass is 696 g/mol. The third kappa shape index (κ3) is 4.44. The molecular formula is C48H32N4S. The zero-order valence-corrected chi connectivity index (χ0v) is 30.0. The number of nitrogens with zero attached hydrogens (tertiary/aromatic N) is 4. The average Bonchev–Trinajstić information content (AvgIpc) is 3.84. The summed E-state index contributed by atoms with van der Waals surface area (Å²) in [5.41, 5.74) is 11.6. The second-order valence-electron chi connectivity index (χ2n) is 14.4. The van der Waals surface area contributed by atoms with Crippen molar-refractivity contribution in [3.63, 3.8) is 0 Å². The first kappa shape index (κ1) is 30.2. The van der Waals surface area contributed by atoms with Gasteiger partial charge in [-0.25, -0.2) is 15.0 Å². The lowest BCUT2D eigenvalue weighted by atomic mass is 9.82. The van der Waals surface area contributed by atoms with Gasteiger partial charge in [-0.1, -0.05) is 135 Å². The van der Waals surface area contributed by atoms with E-state index in [2.05, 4.69) is 158 Å². The Hall–Kier alpha value is -6.43. The molecule has 0 bridgehead atoms. The van der Waals surface area contributed by atoms with Crippen LogP contribution in [0.1, 0.15) is 25.0 Å². The van der Waals surface area contributed by atoms with Gasteiger partial charge in [0, 0.05) is 58.7 Å². The van der Waals surface area contributed by atoms with Gasteiger partial charge in [0.05, 0.1) is 11.0 Å². The number of thiophene rings is 1. The number of para-hydroxylation sites is 2. The third-order valence-electron chi connectivity index (χ3n) is 11.1. The maximum absolute atomic E-state index is 5.28. The first-order chi connectivity index (χ1) is 26.0. The molecule has 0 unspecified atom stereocenters. The van der Waals surface area contributed by atoms with E-state index in [-0.39, 0.29) is 5.41 Å². The molecule has 0 saturated carbocycles. The van der Waals surface area contributed by atoms with E-state index in [9.17, 15) is 0 Å². The van der Waals surface area contributed by atoms with Crippen molar-refractivity contribution in [2.75, 3.05) is 0 Å². The van der Waals surface area contributed by atoms with Crippen molar-refractivity contribution in [3.05, 3.63) is 169 Å². The summed E-state index contributed by atoms with van der Waals surface area (Å²) in [6.45, 7) is 4.62. The van der Waals surface area contributed by atoms with Crippen LogP contribution in [0, 0.1) is 0 Å². The Morgan fingerprint density at radius 3 is 1.94 bits per heavy atom. The normalized spacial score (nSPS) is 13.2. The fourth-order valence-electron chi connectivity index (χ4n) is 8.52. The first-order valence-electron chi connectivity index (χ1n) is 18.0. The van der Waals surface area contributed by atoms with Gasteiger partial charge in [0.2, 0.25) is 0 Å². The zero-order chi connectivity index (χ0) is 35.3. The van der Waals surface area contributed by atoms with Crippen molar-refractivity contribution < 1.29 is 0 Å². The van der Waals surface area contributed by atoms with E-state index in [1.54, 1.807) is 0 Å². The highest BCUT2D eigenvalue weighted by atomic mass is 32.1. The fraction of sp³-hybridized carbons (Fsp3) is 0.0625. The van der Waals surface area contributed by atoms with Crippen molar-refractivity contribution in [3.8, 4) is 51.0 Å². The summed E-state index contributed by atoms with van der Waals surface area (Å²) in [6, 6.07) is 56.2. The molecule has 3 heterocycles. The molecule has 250 valence electrons. The van der Waals surface area contributed by atoms with Crippen LogP contribution in [0.2, 0.25) is 0 Å². The second-order valence-corrected chi connectivity index (χ2v) is 15.4. The van der Waals surface area contributed by atoms with Crippen LogP contribution in [0.15, 0.2) is 158 Å². The molecule has 0 atom stereocenters. The molecule has 3 aromatic heterocycles. The quantitative estimate of drug-likeness (QED) is 0.184. The summed E-state index contributed by atoms with van der Waals surface area (Å²) in [5.74, 6) is 2.02. The molecule has 0 amide bonds. The lowest BCUT2D eigenvalue weighted by Gasteiger charge is -2.21. The van der Waals surface area contributed by atoms with E-state index in [0.29, 0.717) is 17.5 Å². The zero-order valence-electron chi connectivity index (χ0n) is 29.2. The fourth-order valence-corrected chi connectivity index (χ4v) is 9.89. The largest absolute Gasteiger partial charge is 0.309 e.